The van der Waals surface area contributed by atoms with E-state index in [2.05, 4.69) is 12.2 Å². The molecule has 0 radical (unpaired) electrons. The van der Waals surface area contributed by atoms with Crippen molar-refractivity contribution in [3.8, 4) is 0 Å². The highest BCUT2D eigenvalue weighted by Gasteiger charge is 2.29. The summed E-state index contributed by atoms with van der Waals surface area (Å²) in [7, 11) is -3.15. The van der Waals surface area contributed by atoms with Crippen LogP contribution >= 0.6 is 0 Å². The van der Waals surface area contributed by atoms with Crippen molar-refractivity contribution in [3.05, 3.63) is 0 Å². The van der Waals surface area contributed by atoms with Gasteiger partial charge in [-0.3, -0.25) is 0 Å². The number of rotatable bonds is 6. The zero-order valence-electron chi connectivity index (χ0n) is 10.1. The summed E-state index contributed by atoms with van der Waals surface area (Å²) < 4.78 is 30.9. The number of nitrogens with one attached hydrogen (secondary N) is 1. The van der Waals surface area contributed by atoms with Crippen LogP contribution in [0.25, 0.3) is 0 Å². The molecule has 6 heteroatoms. The SMILES string of the molecule is CCCNCC(C)S(=O)(=O)N1CCOCC1. The van der Waals surface area contributed by atoms with Crippen molar-refractivity contribution in [2.24, 2.45) is 0 Å². The van der Waals surface area contributed by atoms with Crippen LogP contribution in [0, 0.1) is 0 Å². The van der Waals surface area contributed by atoms with Gasteiger partial charge in [-0.05, 0) is 19.9 Å². The maximum absolute atomic E-state index is 12.1. The Labute approximate surface area is 98.2 Å². The third-order valence-corrected chi connectivity index (χ3v) is 4.97. The molecule has 0 aliphatic carbocycles. The van der Waals surface area contributed by atoms with Crippen LogP contribution in [0.15, 0.2) is 0 Å². The van der Waals surface area contributed by atoms with Gasteiger partial charge in [-0.25, -0.2) is 8.42 Å². The summed E-state index contributed by atoms with van der Waals surface area (Å²) >= 11 is 0. The van der Waals surface area contributed by atoms with Crippen LogP contribution in [0.3, 0.4) is 0 Å². The minimum atomic E-state index is -3.15. The number of nitrogens with zero attached hydrogens (tertiary/aromatic N) is 1. The summed E-state index contributed by atoms with van der Waals surface area (Å²) in [6.07, 6.45) is 1.02. The minimum Gasteiger partial charge on any atom is -0.379 e. The summed E-state index contributed by atoms with van der Waals surface area (Å²) in [5.41, 5.74) is 0. The van der Waals surface area contributed by atoms with Crippen LogP contribution < -0.4 is 5.32 Å². The van der Waals surface area contributed by atoms with Gasteiger partial charge < -0.3 is 10.1 Å². The molecule has 1 unspecified atom stereocenters. The summed E-state index contributed by atoms with van der Waals surface area (Å²) in [5, 5.41) is 2.78. The molecule has 0 aromatic heterocycles. The van der Waals surface area contributed by atoms with E-state index in [0.717, 1.165) is 13.0 Å². The number of hydrogen-bond acceptors (Lipinski definition) is 4. The second kappa shape index (κ2) is 6.54. The Balaban J connectivity index is 2.47. The first-order chi connectivity index (χ1) is 7.59. The minimum absolute atomic E-state index is 0.364. The molecule has 1 fully saturated rings. The first-order valence-corrected chi connectivity index (χ1v) is 7.36. The van der Waals surface area contributed by atoms with Gasteiger partial charge in [0, 0.05) is 19.6 Å². The van der Waals surface area contributed by atoms with Crippen LogP contribution in [-0.4, -0.2) is 57.4 Å². The van der Waals surface area contributed by atoms with Gasteiger partial charge in [0.05, 0.1) is 18.5 Å². The van der Waals surface area contributed by atoms with Crippen molar-refractivity contribution in [1.82, 2.24) is 9.62 Å². The topological polar surface area (TPSA) is 58.6 Å². The number of ether oxygens (including phenoxy) is 1. The van der Waals surface area contributed by atoms with Crippen LogP contribution in [-0.2, 0) is 14.8 Å². The highest BCUT2D eigenvalue weighted by molar-refractivity contribution is 7.89. The van der Waals surface area contributed by atoms with Crippen molar-refractivity contribution in [2.45, 2.75) is 25.5 Å². The Morgan fingerprint density at radius 1 is 1.38 bits per heavy atom. The fourth-order valence-electron chi connectivity index (χ4n) is 1.64. The molecule has 1 aliphatic heterocycles. The molecule has 0 spiro atoms. The molecule has 1 aliphatic rings. The molecule has 0 aromatic carbocycles. The molecule has 16 heavy (non-hydrogen) atoms. The lowest BCUT2D eigenvalue weighted by atomic mass is 10.4. The molecule has 5 nitrogen and oxygen atoms in total. The zero-order chi connectivity index (χ0) is 12.0. The molecule has 1 atom stereocenters. The van der Waals surface area contributed by atoms with Gasteiger partial charge in [0.15, 0.2) is 0 Å². The molecular formula is C10H22N2O3S. The lowest BCUT2D eigenvalue weighted by Crippen LogP contribution is -2.47. The average Bonchev–Trinajstić information content (AvgIpc) is 2.30. The van der Waals surface area contributed by atoms with Gasteiger partial charge in [0.1, 0.15) is 0 Å². The first-order valence-electron chi connectivity index (χ1n) is 5.86. The third-order valence-electron chi connectivity index (χ3n) is 2.70. The lowest BCUT2D eigenvalue weighted by Gasteiger charge is -2.28. The van der Waals surface area contributed by atoms with Crippen LogP contribution in [0.2, 0.25) is 0 Å². The molecule has 1 saturated heterocycles. The number of sulfonamides is 1. The highest BCUT2D eigenvalue weighted by Crippen LogP contribution is 2.10. The molecule has 1 heterocycles. The summed E-state index contributed by atoms with van der Waals surface area (Å²) in [5.74, 6) is 0. The fraction of sp³-hybridized carbons (Fsp3) is 1.00. The third kappa shape index (κ3) is 3.69. The van der Waals surface area contributed by atoms with E-state index >= 15 is 0 Å². The van der Waals surface area contributed by atoms with Gasteiger partial charge in [-0.1, -0.05) is 6.92 Å². The Hall–Kier alpha value is -0.170. The highest BCUT2D eigenvalue weighted by atomic mass is 32.2. The summed E-state index contributed by atoms with van der Waals surface area (Å²) in [4.78, 5) is 0. The van der Waals surface area contributed by atoms with Gasteiger partial charge in [-0.2, -0.15) is 4.31 Å². The predicted octanol–water partition coefficient (Wildman–Crippen LogP) is 0.0365. The molecule has 0 bridgehead atoms. The molecule has 96 valence electrons. The normalized spacial score (nSPS) is 20.9. The standard InChI is InChI=1S/C10H22N2O3S/c1-3-4-11-9-10(2)16(13,14)12-5-7-15-8-6-12/h10-11H,3-9H2,1-2H3. The van der Waals surface area contributed by atoms with E-state index in [1.165, 1.54) is 4.31 Å². The van der Waals surface area contributed by atoms with Crippen LogP contribution in [0.5, 0.6) is 0 Å². The second-order valence-electron chi connectivity index (χ2n) is 4.07. The number of hydrogen-bond donors (Lipinski definition) is 1. The molecule has 1 N–H and O–H groups in total. The molecule has 0 saturated carbocycles. The van der Waals surface area contributed by atoms with E-state index in [4.69, 9.17) is 4.74 Å². The smallest absolute Gasteiger partial charge is 0.218 e. The predicted molar refractivity (Wildman–Crippen MR) is 63.9 cm³/mol. The van der Waals surface area contributed by atoms with Crippen LogP contribution in [0.1, 0.15) is 20.3 Å². The average molecular weight is 250 g/mol. The largest absolute Gasteiger partial charge is 0.379 e. The molecular weight excluding hydrogens is 228 g/mol. The van der Waals surface area contributed by atoms with Gasteiger partial charge in [0.25, 0.3) is 0 Å². The maximum atomic E-state index is 12.1. The van der Waals surface area contributed by atoms with E-state index in [1.807, 2.05) is 0 Å². The lowest BCUT2D eigenvalue weighted by molar-refractivity contribution is 0.0726. The Morgan fingerprint density at radius 2 is 2.00 bits per heavy atom. The van der Waals surface area contributed by atoms with Gasteiger partial charge in [0.2, 0.25) is 10.0 Å². The molecule has 0 aromatic rings. The second-order valence-corrected chi connectivity index (χ2v) is 6.42. The van der Waals surface area contributed by atoms with Crippen molar-refractivity contribution in [2.75, 3.05) is 39.4 Å². The van der Waals surface area contributed by atoms with E-state index in [0.29, 0.717) is 32.8 Å². The fourth-order valence-corrected chi connectivity index (χ4v) is 3.14. The van der Waals surface area contributed by atoms with Crippen molar-refractivity contribution < 1.29 is 13.2 Å². The van der Waals surface area contributed by atoms with Gasteiger partial charge >= 0.3 is 0 Å². The van der Waals surface area contributed by atoms with E-state index in [9.17, 15) is 8.42 Å². The Bertz CT molecular complexity index is 286. The van der Waals surface area contributed by atoms with Crippen molar-refractivity contribution >= 4 is 10.0 Å². The number of morpholine rings is 1. The monoisotopic (exact) mass is 250 g/mol. The van der Waals surface area contributed by atoms with E-state index in [1.54, 1.807) is 6.92 Å². The van der Waals surface area contributed by atoms with E-state index in [-0.39, 0.29) is 5.25 Å². The Morgan fingerprint density at radius 3 is 2.56 bits per heavy atom. The summed E-state index contributed by atoms with van der Waals surface area (Å²) in [6.45, 7) is 7.20. The quantitative estimate of drug-likeness (QED) is 0.676. The van der Waals surface area contributed by atoms with Crippen molar-refractivity contribution in [1.29, 1.82) is 0 Å². The van der Waals surface area contributed by atoms with Crippen molar-refractivity contribution in [3.63, 3.8) is 0 Å². The zero-order valence-corrected chi connectivity index (χ0v) is 10.9. The van der Waals surface area contributed by atoms with E-state index < -0.39 is 10.0 Å². The maximum Gasteiger partial charge on any atom is 0.218 e. The molecule has 1 rings (SSSR count). The van der Waals surface area contributed by atoms with Gasteiger partial charge in [-0.15, -0.1) is 0 Å². The van der Waals surface area contributed by atoms with Crippen LogP contribution in [0.4, 0.5) is 0 Å². The summed E-state index contributed by atoms with van der Waals surface area (Å²) in [6, 6.07) is 0. The first kappa shape index (κ1) is 13.9. The Kier molecular flexibility index (Phi) is 5.68. The molecule has 0 amide bonds.